The van der Waals surface area contributed by atoms with Gasteiger partial charge in [0.25, 0.3) is 0 Å². The van der Waals surface area contributed by atoms with Crippen LogP contribution in [0.25, 0.3) is 0 Å². The summed E-state index contributed by atoms with van der Waals surface area (Å²) in [4.78, 5) is 0. The van der Waals surface area contributed by atoms with Gasteiger partial charge in [0.1, 0.15) is 0 Å². The predicted octanol–water partition coefficient (Wildman–Crippen LogP) is 4.07. The average Bonchev–Trinajstić information content (AvgIpc) is 1.50. The minimum Gasteiger partial charge on any atom is -0.0776 e. The van der Waals surface area contributed by atoms with E-state index >= 15 is 0 Å². The van der Waals surface area contributed by atoms with Crippen LogP contribution in [-0.2, 0) is 0 Å². The quantitative estimate of drug-likeness (QED) is 0.591. The van der Waals surface area contributed by atoms with Crippen molar-refractivity contribution in [1.29, 1.82) is 0 Å². The highest BCUT2D eigenvalue weighted by molar-refractivity contribution is 15.0. The van der Waals surface area contributed by atoms with Crippen molar-refractivity contribution < 1.29 is 0 Å². The summed E-state index contributed by atoms with van der Waals surface area (Å²) in [5.74, 6) is 0. The Balaban J connectivity index is -0.00000000500. The lowest BCUT2D eigenvalue weighted by Gasteiger charge is -1.07. The Morgan fingerprint density at radius 2 is 0.833 bits per heavy atom. The van der Waals surface area contributed by atoms with E-state index in [1.807, 2.05) is 13.8 Å². The van der Waals surface area contributed by atoms with Crippen LogP contribution in [0.3, 0.4) is 0 Å². The molecule has 0 aliphatic carbocycles. The van der Waals surface area contributed by atoms with Crippen LogP contribution >= 0.6 is 37.2 Å². The Morgan fingerprint density at radius 1 is 0.833 bits per heavy atom. The standard InChI is InChI=1S/C2H6.2CH4.I2/c1-2;;;1-2/h1-2H3;2*1H4;. The van der Waals surface area contributed by atoms with Crippen LogP contribution in [0.5, 0.6) is 0 Å². The van der Waals surface area contributed by atoms with Crippen LogP contribution in [0.4, 0.5) is 0 Å². The second-order valence-corrected chi connectivity index (χ2v) is 0. The molecule has 0 bridgehead atoms. The summed E-state index contributed by atoms with van der Waals surface area (Å²) in [6, 6.07) is 0. The molecule has 0 N–H and O–H groups in total. The Labute approximate surface area is 65.4 Å². The number of halogens is 2. The first-order chi connectivity index (χ1) is 2.00. The van der Waals surface area contributed by atoms with Gasteiger partial charge in [-0.15, -0.1) is 0 Å². The van der Waals surface area contributed by atoms with Crippen molar-refractivity contribution in [2.45, 2.75) is 28.7 Å². The van der Waals surface area contributed by atoms with E-state index in [1.165, 1.54) is 0 Å². The van der Waals surface area contributed by atoms with E-state index in [0.717, 1.165) is 0 Å². The molecule has 0 nitrogen and oxygen atoms in total. The van der Waals surface area contributed by atoms with Crippen molar-refractivity contribution >= 4 is 37.2 Å². The smallest absolute Gasteiger partial charge is 0 e. The Morgan fingerprint density at radius 3 is 0.833 bits per heavy atom. The highest BCUT2D eigenvalue weighted by atomic mass is 128. The largest absolute Gasteiger partial charge is 0.0776 e. The predicted molar refractivity (Wildman–Crippen MR) is 52.9 cm³/mol. The highest BCUT2D eigenvalue weighted by Crippen LogP contribution is 1.89. The molecule has 2 heteroatoms. The monoisotopic (exact) mass is 316 g/mol. The third-order valence-electron chi connectivity index (χ3n) is 0. The van der Waals surface area contributed by atoms with E-state index in [1.54, 1.807) is 0 Å². The first kappa shape index (κ1) is 26.0. The lowest BCUT2D eigenvalue weighted by atomic mass is 11.0. The van der Waals surface area contributed by atoms with Gasteiger partial charge in [0.05, 0.1) is 0 Å². The molecule has 0 aliphatic heterocycles. The van der Waals surface area contributed by atoms with Gasteiger partial charge >= 0.3 is 0 Å². The SMILES string of the molecule is C.C.CC.II. The molecule has 0 aromatic carbocycles. The van der Waals surface area contributed by atoms with Crippen molar-refractivity contribution in [3.05, 3.63) is 0 Å². The summed E-state index contributed by atoms with van der Waals surface area (Å²) in [6.45, 7) is 4.00. The summed E-state index contributed by atoms with van der Waals surface area (Å²) in [5, 5.41) is 0. The van der Waals surface area contributed by atoms with E-state index in [4.69, 9.17) is 0 Å². The van der Waals surface area contributed by atoms with Gasteiger partial charge < -0.3 is 0 Å². The maximum atomic E-state index is 2.12. The van der Waals surface area contributed by atoms with Crippen molar-refractivity contribution in [3.63, 3.8) is 0 Å². The first-order valence-corrected chi connectivity index (χ1v) is 7.43. The molecule has 0 saturated heterocycles. The molecule has 0 aromatic heterocycles. The molecule has 0 rings (SSSR count). The molecule has 0 heterocycles. The number of rotatable bonds is 0. The molecule has 0 radical (unpaired) electrons. The fourth-order valence-corrected chi connectivity index (χ4v) is 0. The number of hydrogen-bond donors (Lipinski definition) is 0. The lowest BCUT2D eigenvalue weighted by molar-refractivity contribution is 1.50. The van der Waals surface area contributed by atoms with Gasteiger partial charge in [0, 0.05) is 37.2 Å². The summed E-state index contributed by atoms with van der Waals surface area (Å²) in [7, 11) is 0. The zero-order valence-corrected chi connectivity index (χ0v) is 7.07. The molecule has 0 unspecified atom stereocenters. The van der Waals surface area contributed by atoms with Gasteiger partial charge in [-0.3, -0.25) is 0 Å². The van der Waals surface area contributed by atoms with Crippen LogP contribution < -0.4 is 0 Å². The Kier molecular flexibility index (Phi) is 392. The van der Waals surface area contributed by atoms with Gasteiger partial charge in [-0.05, 0) is 0 Å². The van der Waals surface area contributed by atoms with Crippen molar-refractivity contribution in [2.24, 2.45) is 0 Å². The molecule has 6 heavy (non-hydrogen) atoms. The minimum atomic E-state index is 0. The highest BCUT2D eigenvalue weighted by Gasteiger charge is 1.00. The van der Waals surface area contributed by atoms with Crippen molar-refractivity contribution in [3.8, 4) is 0 Å². The van der Waals surface area contributed by atoms with Gasteiger partial charge in [0.15, 0.2) is 0 Å². The molecule has 0 fully saturated rings. The fraction of sp³-hybridized carbons (Fsp3) is 1.00. The molecule has 0 atom stereocenters. The molecule has 0 aromatic rings. The van der Waals surface area contributed by atoms with Crippen LogP contribution in [0.2, 0.25) is 0 Å². The maximum absolute atomic E-state index is 2.12. The van der Waals surface area contributed by atoms with Gasteiger partial charge in [0.2, 0.25) is 0 Å². The van der Waals surface area contributed by atoms with Crippen LogP contribution in [0, 0.1) is 0 Å². The molecular weight excluding hydrogens is 302 g/mol. The second-order valence-electron chi connectivity index (χ2n) is 0. The minimum absolute atomic E-state index is 0. The topological polar surface area (TPSA) is 0 Å². The summed E-state index contributed by atoms with van der Waals surface area (Å²) in [6.07, 6.45) is 0. The van der Waals surface area contributed by atoms with Crippen LogP contribution in [0.1, 0.15) is 28.7 Å². The van der Waals surface area contributed by atoms with E-state index < -0.39 is 0 Å². The summed E-state index contributed by atoms with van der Waals surface area (Å²) < 4.78 is 0. The first-order valence-electron chi connectivity index (χ1n) is 1.14. The summed E-state index contributed by atoms with van der Waals surface area (Å²) >= 11 is 4.24. The molecule has 44 valence electrons. The average molecular weight is 316 g/mol. The van der Waals surface area contributed by atoms with Crippen molar-refractivity contribution in [2.75, 3.05) is 0 Å². The van der Waals surface area contributed by atoms with E-state index in [-0.39, 0.29) is 14.9 Å². The van der Waals surface area contributed by atoms with E-state index in [9.17, 15) is 0 Å². The van der Waals surface area contributed by atoms with Crippen LogP contribution in [-0.4, -0.2) is 0 Å². The van der Waals surface area contributed by atoms with E-state index in [0.29, 0.717) is 0 Å². The zero-order chi connectivity index (χ0) is 4.00. The molecular formula is C4H14I2. The fourth-order valence-electron chi connectivity index (χ4n) is 0. The lowest BCUT2D eigenvalue weighted by Crippen LogP contribution is -0.856. The van der Waals surface area contributed by atoms with Crippen molar-refractivity contribution in [1.82, 2.24) is 0 Å². The third-order valence-corrected chi connectivity index (χ3v) is 0. The maximum Gasteiger partial charge on any atom is 0 e. The summed E-state index contributed by atoms with van der Waals surface area (Å²) in [5.41, 5.74) is 0. The third kappa shape index (κ3) is 51.0. The van der Waals surface area contributed by atoms with Gasteiger partial charge in [-0.1, -0.05) is 28.7 Å². The zero-order valence-electron chi connectivity index (χ0n) is 2.76. The normalized spacial score (nSPS) is 2.00. The molecule has 0 aliphatic rings. The van der Waals surface area contributed by atoms with E-state index in [2.05, 4.69) is 37.2 Å². The molecule has 0 spiro atoms. The molecule has 0 amide bonds. The Bertz CT molecular complexity index is 5.51. The Hall–Kier alpha value is 1.46. The number of hydrogen-bond acceptors (Lipinski definition) is 0. The second kappa shape index (κ2) is 90.3. The van der Waals surface area contributed by atoms with Gasteiger partial charge in [-0.2, -0.15) is 0 Å². The van der Waals surface area contributed by atoms with Gasteiger partial charge in [-0.25, -0.2) is 0 Å². The van der Waals surface area contributed by atoms with Crippen LogP contribution in [0.15, 0.2) is 0 Å². The molecule has 0 saturated carbocycles.